The van der Waals surface area contributed by atoms with Gasteiger partial charge in [0, 0.05) is 12.6 Å². The molecule has 1 saturated heterocycles. The smallest absolute Gasteiger partial charge is 0.231 e. The van der Waals surface area contributed by atoms with Crippen molar-refractivity contribution in [1.82, 2.24) is 15.0 Å². The molecule has 5 heteroatoms. The van der Waals surface area contributed by atoms with Gasteiger partial charge in [-0.15, -0.1) is 0 Å². The minimum atomic E-state index is 0.285. The number of rotatable bonds is 3. The average Bonchev–Trinajstić information content (AvgIpc) is 3.15. The van der Waals surface area contributed by atoms with E-state index in [1.807, 2.05) is 25.1 Å². The Morgan fingerprint density at radius 2 is 2.33 bits per heavy atom. The van der Waals surface area contributed by atoms with Crippen molar-refractivity contribution in [1.29, 1.82) is 5.26 Å². The monoisotopic (exact) mass is 282 g/mol. The zero-order valence-corrected chi connectivity index (χ0v) is 12.3. The third kappa shape index (κ3) is 2.81. The molecule has 2 unspecified atom stereocenters. The van der Waals surface area contributed by atoms with Crippen molar-refractivity contribution in [3.63, 3.8) is 0 Å². The van der Waals surface area contributed by atoms with E-state index in [0.29, 0.717) is 17.3 Å². The Hall–Kier alpha value is -2.19. The molecule has 1 aromatic carbocycles. The highest BCUT2D eigenvalue weighted by Gasteiger charge is 2.31. The first-order valence-electron chi connectivity index (χ1n) is 7.21. The van der Waals surface area contributed by atoms with E-state index in [2.05, 4.69) is 34.1 Å². The van der Waals surface area contributed by atoms with Gasteiger partial charge in [0.05, 0.1) is 17.6 Å². The molecule has 0 aliphatic carbocycles. The summed E-state index contributed by atoms with van der Waals surface area (Å²) < 4.78 is 5.29. The zero-order valence-electron chi connectivity index (χ0n) is 12.3. The maximum atomic E-state index is 9.01. The fourth-order valence-corrected chi connectivity index (χ4v) is 2.90. The summed E-state index contributed by atoms with van der Waals surface area (Å²) in [6.45, 7) is 5.94. The van der Waals surface area contributed by atoms with Crippen LogP contribution >= 0.6 is 0 Å². The van der Waals surface area contributed by atoms with E-state index in [1.165, 1.54) is 5.56 Å². The largest absolute Gasteiger partial charge is 0.339 e. The van der Waals surface area contributed by atoms with Crippen molar-refractivity contribution < 1.29 is 4.52 Å². The van der Waals surface area contributed by atoms with Gasteiger partial charge in [0.25, 0.3) is 0 Å². The van der Waals surface area contributed by atoms with Crippen molar-refractivity contribution in [3.8, 4) is 6.07 Å². The van der Waals surface area contributed by atoms with Gasteiger partial charge in [-0.3, -0.25) is 4.90 Å². The molecule has 5 nitrogen and oxygen atoms in total. The van der Waals surface area contributed by atoms with Gasteiger partial charge in [-0.1, -0.05) is 17.3 Å². The normalized spacial score (nSPS) is 20.3. The lowest BCUT2D eigenvalue weighted by Crippen LogP contribution is -2.24. The summed E-state index contributed by atoms with van der Waals surface area (Å²) in [5.74, 6) is 1.75. The van der Waals surface area contributed by atoms with Gasteiger partial charge in [0.15, 0.2) is 5.82 Å². The molecule has 1 aliphatic rings. The fourth-order valence-electron chi connectivity index (χ4n) is 2.90. The van der Waals surface area contributed by atoms with Gasteiger partial charge in [-0.05, 0) is 44.5 Å². The van der Waals surface area contributed by atoms with E-state index in [4.69, 9.17) is 9.78 Å². The second kappa shape index (κ2) is 5.66. The quantitative estimate of drug-likeness (QED) is 0.866. The maximum absolute atomic E-state index is 9.01. The van der Waals surface area contributed by atoms with E-state index in [1.54, 1.807) is 0 Å². The van der Waals surface area contributed by atoms with Crippen LogP contribution in [0, 0.1) is 18.3 Å². The molecule has 3 rings (SSSR count). The molecular weight excluding hydrogens is 264 g/mol. The Morgan fingerprint density at radius 1 is 1.48 bits per heavy atom. The van der Waals surface area contributed by atoms with Crippen LogP contribution in [0.5, 0.6) is 0 Å². The molecular formula is C16H18N4O. The second-order valence-electron chi connectivity index (χ2n) is 5.57. The Bertz CT molecular complexity index is 673. The lowest BCUT2D eigenvalue weighted by molar-refractivity contribution is 0.253. The van der Waals surface area contributed by atoms with Gasteiger partial charge in [0.2, 0.25) is 5.89 Å². The molecule has 0 saturated carbocycles. The molecule has 1 fully saturated rings. The van der Waals surface area contributed by atoms with Crippen LogP contribution in [0.4, 0.5) is 0 Å². The number of aromatic nitrogens is 2. The van der Waals surface area contributed by atoms with Gasteiger partial charge in [-0.2, -0.15) is 10.2 Å². The lowest BCUT2D eigenvalue weighted by atomic mass is 10.0. The number of hydrogen-bond acceptors (Lipinski definition) is 5. The minimum absolute atomic E-state index is 0.285. The standard InChI is InChI=1S/C16H18N4O/c1-11(14-5-3-4-13(8-14)9-17)20-7-6-15(10-20)16-18-12(2)19-21-16/h3-5,8,11,15H,6-7,10H2,1-2H3. The van der Waals surface area contributed by atoms with E-state index < -0.39 is 0 Å². The van der Waals surface area contributed by atoms with Gasteiger partial charge in [0.1, 0.15) is 0 Å². The molecule has 1 aromatic heterocycles. The summed E-state index contributed by atoms with van der Waals surface area (Å²) in [6, 6.07) is 10.3. The molecule has 21 heavy (non-hydrogen) atoms. The Kier molecular flexibility index (Phi) is 3.72. The third-order valence-electron chi connectivity index (χ3n) is 4.16. The van der Waals surface area contributed by atoms with E-state index in [-0.39, 0.29) is 6.04 Å². The summed E-state index contributed by atoms with van der Waals surface area (Å²) in [5.41, 5.74) is 1.89. The van der Waals surface area contributed by atoms with Crippen LogP contribution in [0.2, 0.25) is 0 Å². The number of likely N-dealkylation sites (tertiary alicyclic amines) is 1. The van der Waals surface area contributed by atoms with Crippen LogP contribution in [0.25, 0.3) is 0 Å². The SMILES string of the molecule is Cc1noc(C2CCN(C(C)c3cccc(C#N)c3)C2)n1. The fraction of sp³-hybridized carbons (Fsp3) is 0.438. The molecule has 2 aromatic rings. The molecule has 0 bridgehead atoms. The van der Waals surface area contributed by atoms with Crippen LogP contribution in [0.1, 0.15) is 48.1 Å². The predicted molar refractivity (Wildman–Crippen MR) is 77.5 cm³/mol. The van der Waals surface area contributed by atoms with Crippen LogP contribution in [-0.4, -0.2) is 28.1 Å². The first-order chi connectivity index (χ1) is 10.2. The van der Waals surface area contributed by atoms with Crippen LogP contribution in [0.3, 0.4) is 0 Å². The summed E-state index contributed by atoms with van der Waals surface area (Å²) in [7, 11) is 0. The molecule has 108 valence electrons. The highest BCUT2D eigenvalue weighted by atomic mass is 16.5. The van der Waals surface area contributed by atoms with Gasteiger partial charge < -0.3 is 4.52 Å². The Morgan fingerprint density at radius 3 is 3.05 bits per heavy atom. The number of benzene rings is 1. The van der Waals surface area contributed by atoms with Crippen molar-refractivity contribution in [3.05, 3.63) is 47.1 Å². The lowest BCUT2D eigenvalue weighted by Gasteiger charge is -2.24. The number of nitriles is 1. The first-order valence-corrected chi connectivity index (χ1v) is 7.21. The van der Waals surface area contributed by atoms with Crippen molar-refractivity contribution in [2.75, 3.05) is 13.1 Å². The Balaban J connectivity index is 1.72. The van der Waals surface area contributed by atoms with Crippen molar-refractivity contribution in [2.24, 2.45) is 0 Å². The molecule has 0 spiro atoms. The molecule has 1 aliphatic heterocycles. The molecule has 0 N–H and O–H groups in total. The molecule has 0 amide bonds. The maximum Gasteiger partial charge on any atom is 0.231 e. The zero-order chi connectivity index (χ0) is 14.8. The van der Waals surface area contributed by atoms with Crippen molar-refractivity contribution in [2.45, 2.75) is 32.2 Å². The van der Waals surface area contributed by atoms with Crippen LogP contribution < -0.4 is 0 Å². The summed E-state index contributed by atoms with van der Waals surface area (Å²) in [5, 5.41) is 12.9. The minimum Gasteiger partial charge on any atom is -0.339 e. The summed E-state index contributed by atoms with van der Waals surface area (Å²) in [4.78, 5) is 6.74. The van der Waals surface area contributed by atoms with Gasteiger partial charge >= 0.3 is 0 Å². The highest BCUT2D eigenvalue weighted by molar-refractivity contribution is 5.34. The van der Waals surface area contributed by atoms with Crippen LogP contribution in [-0.2, 0) is 0 Å². The first kappa shape index (κ1) is 13.8. The summed E-state index contributed by atoms with van der Waals surface area (Å²) >= 11 is 0. The summed E-state index contributed by atoms with van der Waals surface area (Å²) in [6.07, 6.45) is 1.03. The third-order valence-corrected chi connectivity index (χ3v) is 4.16. The van der Waals surface area contributed by atoms with Gasteiger partial charge in [-0.25, -0.2) is 0 Å². The number of hydrogen-bond donors (Lipinski definition) is 0. The number of nitrogens with zero attached hydrogens (tertiary/aromatic N) is 4. The van der Waals surface area contributed by atoms with E-state index in [9.17, 15) is 0 Å². The molecule has 0 radical (unpaired) electrons. The van der Waals surface area contributed by atoms with E-state index >= 15 is 0 Å². The van der Waals surface area contributed by atoms with Crippen molar-refractivity contribution >= 4 is 0 Å². The molecule has 2 heterocycles. The second-order valence-corrected chi connectivity index (χ2v) is 5.57. The van der Waals surface area contributed by atoms with E-state index in [0.717, 1.165) is 25.4 Å². The highest BCUT2D eigenvalue weighted by Crippen LogP contribution is 2.32. The average molecular weight is 282 g/mol. The molecule has 2 atom stereocenters. The predicted octanol–water partition coefficient (Wildman–Crippen LogP) is 2.80. The topological polar surface area (TPSA) is 66.0 Å². The Labute approximate surface area is 124 Å². The van der Waals surface area contributed by atoms with Crippen LogP contribution in [0.15, 0.2) is 28.8 Å². The number of aryl methyl sites for hydroxylation is 1.